The van der Waals surface area contributed by atoms with E-state index in [1.807, 2.05) is 6.07 Å². The Morgan fingerprint density at radius 2 is 2.21 bits per heavy atom. The van der Waals surface area contributed by atoms with Crippen molar-refractivity contribution in [3.8, 4) is 6.07 Å². The van der Waals surface area contributed by atoms with Crippen molar-refractivity contribution < 1.29 is 4.39 Å². The fourth-order valence-electron chi connectivity index (χ4n) is 1.35. The predicted molar refractivity (Wildman–Crippen MR) is 55.5 cm³/mol. The lowest BCUT2D eigenvalue weighted by molar-refractivity contribution is 0.630. The molecule has 1 aromatic carbocycles. The first-order valence-electron chi connectivity index (χ1n) is 4.05. The molecule has 0 amide bonds. The molecule has 2 aromatic rings. The molecule has 1 aromatic heterocycles. The molecule has 0 aliphatic carbocycles. The Morgan fingerprint density at radius 3 is 2.93 bits per heavy atom. The highest BCUT2D eigenvalue weighted by Gasteiger charge is 2.06. The number of anilines is 1. The van der Waals surface area contributed by atoms with Gasteiger partial charge in [0, 0.05) is 20.7 Å². The standard InChI is InChI=1S/C10H7FN2S/c11-6-3-9(13)8-5-7(1-2-12)14-10(8)4-6/h3-5H,1,13H2. The van der Waals surface area contributed by atoms with Gasteiger partial charge >= 0.3 is 0 Å². The van der Waals surface area contributed by atoms with Crippen LogP contribution >= 0.6 is 11.3 Å². The van der Waals surface area contributed by atoms with E-state index in [0.717, 1.165) is 15.0 Å². The van der Waals surface area contributed by atoms with E-state index in [2.05, 4.69) is 6.07 Å². The molecule has 0 aliphatic heterocycles. The van der Waals surface area contributed by atoms with E-state index in [1.165, 1.54) is 23.5 Å². The van der Waals surface area contributed by atoms with Crippen LogP contribution in [0.4, 0.5) is 10.1 Å². The smallest absolute Gasteiger partial charge is 0.126 e. The zero-order valence-corrected chi connectivity index (χ0v) is 8.07. The summed E-state index contributed by atoms with van der Waals surface area (Å²) in [5.74, 6) is -0.333. The van der Waals surface area contributed by atoms with E-state index < -0.39 is 0 Å². The first kappa shape index (κ1) is 8.97. The molecule has 4 heteroatoms. The molecule has 0 unspecified atom stereocenters. The summed E-state index contributed by atoms with van der Waals surface area (Å²) in [6.07, 6.45) is 0.348. The van der Waals surface area contributed by atoms with Gasteiger partial charge in [0.2, 0.25) is 0 Å². The third kappa shape index (κ3) is 1.42. The summed E-state index contributed by atoms with van der Waals surface area (Å²) in [6.45, 7) is 0. The van der Waals surface area contributed by atoms with Gasteiger partial charge in [0.25, 0.3) is 0 Å². The maximum absolute atomic E-state index is 13.0. The number of thiophene rings is 1. The van der Waals surface area contributed by atoms with Crippen molar-refractivity contribution in [1.82, 2.24) is 0 Å². The minimum atomic E-state index is -0.333. The van der Waals surface area contributed by atoms with Crippen LogP contribution in [0, 0.1) is 17.1 Å². The summed E-state index contributed by atoms with van der Waals surface area (Å²) in [5, 5.41) is 9.35. The Hall–Kier alpha value is -1.60. The van der Waals surface area contributed by atoms with E-state index in [9.17, 15) is 4.39 Å². The summed E-state index contributed by atoms with van der Waals surface area (Å²) in [4.78, 5) is 0.916. The Balaban J connectivity index is 2.66. The van der Waals surface area contributed by atoms with Gasteiger partial charge in [-0.1, -0.05) is 0 Å². The van der Waals surface area contributed by atoms with Crippen LogP contribution in [-0.4, -0.2) is 0 Å². The second-order valence-corrected chi connectivity index (χ2v) is 4.12. The van der Waals surface area contributed by atoms with Crippen LogP contribution in [0.25, 0.3) is 10.1 Å². The Morgan fingerprint density at radius 1 is 1.43 bits per heavy atom. The quantitative estimate of drug-likeness (QED) is 0.729. The summed E-state index contributed by atoms with van der Waals surface area (Å²) in [7, 11) is 0. The van der Waals surface area contributed by atoms with Gasteiger partial charge in [0.1, 0.15) is 5.82 Å². The average Bonchev–Trinajstić information content (AvgIpc) is 2.48. The Bertz CT molecular complexity index is 525. The fraction of sp³-hybridized carbons (Fsp3) is 0.100. The van der Waals surface area contributed by atoms with Crippen molar-refractivity contribution in [1.29, 1.82) is 5.26 Å². The van der Waals surface area contributed by atoms with E-state index in [0.29, 0.717) is 12.1 Å². The topological polar surface area (TPSA) is 49.8 Å². The maximum atomic E-state index is 13.0. The first-order valence-corrected chi connectivity index (χ1v) is 4.87. The summed E-state index contributed by atoms with van der Waals surface area (Å²) >= 11 is 1.41. The van der Waals surface area contributed by atoms with Crippen LogP contribution in [-0.2, 0) is 6.42 Å². The Kier molecular flexibility index (Phi) is 2.10. The molecule has 2 rings (SSSR count). The number of nitriles is 1. The van der Waals surface area contributed by atoms with Crippen molar-refractivity contribution in [3.05, 3.63) is 28.9 Å². The van der Waals surface area contributed by atoms with Gasteiger partial charge in [-0.05, 0) is 18.2 Å². The van der Waals surface area contributed by atoms with Crippen molar-refractivity contribution >= 4 is 27.1 Å². The third-order valence-electron chi connectivity index (χ3n) is 1.94. The highest BCUT2D eigenvalue weighted by atomic mass is 32.1. The predicted octanol–water partition coefficient (Wildman–Crippen LogP) is 2.69. The summed E-state index contributed by atoms with van der Waals surface area (Å²) < 4.78 is 13.8. The maximum Gasteiger partial charge on any atom is 0.126 e. The molecule has 0 spiro atoms. The SMILES string of the molecule is N#CCc1cc2c(N)cc(F)cc2s1. The average molecular weight is 206 g/mol. The van der Waals surface area contributed by atoms with Gasteiger partial charge < -0.3 is 5.73 Å². The molecule has 0 aliphatic rings. The normalized spacial score (nSPS) is 10.3. The number of hydrogen-bond donors (Lipinski definition) is 1. The van der Waals surface area contributed by atoms with Gasteiger partial charge in [-0.2, -0.15) is 5.26 Å². The van der Waals surface area contributed by atoms with E-state index in [-0.39, 0.29) is 5.82 Å². The first-order chi connectivity index (χ1) is 6.70. The second kappa shape index (κ2) is 3.28. The molecule has 0 bridgehead atoms. The minimum absolute atomic E-state index is 0.333. The van der Waals surface area contributed by atoms with Crippen LogP contribution < -0.4 is 5.73 Å². The lowest BCUT2D eigenvalue weighted by Gasteiger charge is -1.94. The van der Waals surface area contributed by atoms with Gasteiger partial charge in [-0.25, -0.2) is 4.39 Å². The molecule has 2 N–H and O–H groups in total. The van der Waals surface area contributed by atoms with E-state index in [1.54, 1.807) is 0 Å². The molecule has 14 heavy (non-hydrogen) atoms. The van der Waals surface area contributed by atoms with E-state index >= 15 is 0 Å². The van der Waals surface area contributed by atoms with Crippen molar-refractivity contribution in [3.63, 3.8) is 0 Å². The zero-order valence-electron chi connectivity index (χ0n) is 7.25. The van der Waals surface area contributed by atoms with Gasteiger partial charge in [-0.3, -0.25) is 0 Å². The lowest BCUT2D eigenvalue weighted by Crippen LogP contribution is -1.85. The van der Waals surface area contributed by atoms with Gasteiger partial charge in [0.15, 0.2) is 0 Å². The van der Waals surface area contributed by atoms with Crippen molar-refractivity contribution in [2.75, 3.05) is 5.73 Å². The zero-order chi connectivity index (χ0) is 10.1. The highest BCUT2D eigenvalue weighted by molar-refractivity contribution is 7.19. The monoisotopic (exact) mass is 206 g/mol. The highest BCUT2D eigenvalue weighted by Crippen LogP contribution is 2.30. The molecule has 2 nitrogen and oxygen atoms in total. The molecule has 0 saturated heterocycles. The van der Waals surface area contributed by atoms with Crippen LogP contribution in [0.3, 0.4) is 0 Å². The van der Waals surface area contributed by atoms with Gasteiger partial charge in [0.05, 0.1) is 12.5 Å². The minimum Gasteiger partial charge on any atom is -0.398 e. The second-order valence-electron chi connectivity index (χ2n) is 2.95. The molecular weight excluding hydrogens is 199 g/mol. The number of halogens is 1. The number of nitrogen functional groups attached to an aromatic ring is 1. The number of rotatable bonds is 1. The van der Waals surface area contributed by atoms with Crippen LogP contribution in [0.2, 0.25) is 0 Å². The van der Waals surface area contributed by atoms with E-state index in [4.69, 9.17) is 11.0 Å². The molecule has 0 atom stereocenters. The Labute approximate surface area is 84.4 Å². The fourth-order valence-corrected chi connectivity index (χ4v) is 2.40. The molecule has 0 radical (unpaired) electrons. The molecule has 70 valence electrons. The number of nitrogens with zero attached hydrogens (tertiary/aromatic N) is 1. The summed E-state index contributed by atoms with van der Waals surface area (Å²) in [6, 6.07) is 6.64. The molecule has 1 heterocycles. The summed E-state index contributed by atoms with van der Waals surface area (Å²) in [5.41, 5.74) is 6.08. The number of benzene rings is 1. The number of fused-ring (bicyclic) bond motifs is 1. The number of hydrogen-bond acceptors (Lipinski definition) is 3. The molecular formula is C10H7FN2S. The van der Waals surface area contributed by atoms with Gasteiger partial charge in [-0.15, -0.1) is 11.3 Å². The van der Waals surface area contributed by atoms with Crippen LogP contribution in [0.1, 0.15) is 4.88 Å². The van der Waals surface area contributed by atoms with Crippen LogP contribution in [0.5, 0.6) is 0 Å². The third-order valence-corrected chi connectivity index (χ3v) is 3.02. The molecule has 0 saturated carbocycles. The number of nitrogens with two attached hydrogens (primary N) is 1. The van der Waals surface area contributed by atoms with Crippen molar-refractivity contribution in [2.24, 2.45) is 0 Å². The molecule has 0 fully saturated rings. The largest absolute Gasteiger partial charge is 0.398 e. The lowest BCUT2D eigenvalue weighted by atomic mass is 10.2. The van der Waals surface area contributed by atoms with Crippen molar-refractivity contribution in [2.45, 2.75) is 6.42 Å². The van der Waals surface area contributed by atoms with Crippen LogP contribution in [0.15, 0.2) is 18.2 Å².